The summed E-state index contributed by atoms with van der Waals surface area (Å²) in [4.78, 5) is 26.2. The summed E-state index contributed by atoms with van der Waals surface area (Å²) >= 11 is 0. The summed E-state index contributed by atoms with van der Waals surface area (Å²) in [5, 5.41) is 23.8. The lowest BCUT2D eigenvalue weighted by atomic mass is 10.0. The maximum atomic E-state index is 13.2. The molecule has 65 heavy (non-hydrogen) atoms. The van der Waals surface area contributed by atoms with Gasteiger partial charge in [0.1, 0.15) is 6.10 Å². The number of carbonyl (C=O) groups excluding carboxylic acids is 2. The molecule has 0 heterocycles. The van der Waals surface area contributed by atoms with Crippen LogP contribution < -0.4 is 5.32 Å². The Kier molecular flexibility index (Phi) is 49.6. The fraction of sp³-hybridized carbons (Fsp3) is 0.729. The predicted octanol–water partition coefficient (Wildman–Crippen LogP) is 16.7. The first-order chi connectivity index (χ1) is 32.0. The number of aliphatic hydroxyl groups is 2. The molecule has 0 saturated carbocycles. The summed E-state index contributed by atoms with van der Waals surface area (Å²) in [6.45, 7) is 6.38. The Labute approximate surface area is 402 Å². The van der Waals surface area contributed by atoms with E-state index in [2.05, 4.69) is 86.8 Å². The third-order valence-corrected chi connectivity index (χ3v) is 12.1. The highest BCUT2D eigenvalue weighted by Crippen LogP contribution is 2.17. The number of aliphatic hydroxyl groups excluding tert-OH is 2. The van der Waals surface area contributed by atoms with E-state index >= 15 is 0 Å². The second-order valence-electron chi connectivity index (χ2n) is 18.4. The molecule has 3 N–H and O–H groups in total. The Morgan fingerprint density at radius 1 is 0.446 bits per heavy atom. The molecule has 0 saturated heterocycles. The number of esters is 1. The summed E-state index contributed by atoms with van der Waals surface area (Å²) in [5.41, 5.74) is 0. The van der Waals surface area contributed by atoms with E-state index in [0.717, 1.165) is 96.3 Å². The minimum atomic E-state index is -0.804. The van der Waals surface area contributed by atoms with Crippen molar-refractivity contribution in [3.8, 4) is 0 Å². The van der Waals surface area contributed by atoms with Gasteiger partial charge in [-0.3, -0.25) is 9.59 Å². The average Bonchev–Trinajstić information content (AvgIpc) is 3.30. The molecule has 374 valence electrons. The molecular weight excluding hydrogens is 803 g/mol. The van der Waals surface area contributed by atoms with Gasteiger partial charge in [0.15, 0.2) is 0 Å². The Morgan fingerprint density at radius 2 is 0.815 bits per heavy atom. The quantitative estimate of drug-likeness (QED) is 0.0321. The molecule has 3 unspecified atom stereocenters. The zero-order valence-electron chi connectivity index (χ0n) is 42.6. The zero-order valence-corrected chi connectivity index (χ0v) is 42.6. The first kappa shape index (κ1) is 62.0. The molecule has 0 fully saturated rings. The molecule has 0 aliphatic carbocycles. The molecule has 6 heteroatoms. The van der Waals surface area contributed by atoms with E-state index in [9.17, 15) is 19.8 Å². The van der Waals surface area contributed by atoms with Crippen molar-refractivity contribution in [3.63, 3.8) is 0 Å². The number of unbranched alkanes of at least 4 members (excludes halogenated alkanes) is 27. The van der Waals surface area contributed by atoms with Gasteiger partial charge in [0, 0.05) is 6.42 Å². The fourth-order valence-corrected chi connectivity index (χ4v) is 7.92. The van der Waals surface area contributed by atoms with E-state index in [1.165, 1.54) is 109 Å². The van der Waals surface area contributed by atoms with E-state index in [0.29, 0.717) is 19.3 Å². The second kappa shape index (κ2) is 52.0. The average molecular weight is 906 g/mol. The molecule has 0 radical (unpaired) electrons. The van der Waals surface area contributed by atoms with Crippen LogP contribution in [-0.4, -0.2) is 46.9 Å². The first-order valence-electron chi connectivity index (χ1n) is 27.4. The number of nitrogens with one attached hydrogen (secondary N) is 1. The Bertz CT molecular complexity index is 1250. The second-order valence-corrected chi connectivity index (χ2v) is 18.4. The minimum absolute atomic E-state index is 0.0454. The van der Waals surface area contributed by atoms with E-state index in [1.807, 2.05) is 24.3 Å². The maximum absolute atomic E-state index is 13.2. The summed E-state index contributed by atoms with van der Waals surface area (Å²) in [7, 11) is 0. The van der Waals surface area contributed by atoms with Crippen LogP contribution in [0.5, 0.6) is 0 Å². The highest BCUT2D eigenvalue weighted by Gasteiger charge is 2.24. The van der Waals surface area contributed by atoms with Crippen LogP contribution in [-0.2, 0) is 14.3 Å². The highest BCUT2D eigenvalue weighted by molar-refractivity contribution is 5.77. The van der Waals surface area contributed by atoms with Crippen molar-refractivity contribution < 1.29 is 24.5 Å². The topological polar surface area (TPSA) is 95.9 Å². The van der Waals surface area contributed by atoms with Crippen molar-refractivity contribution in [1.82, 2.24) is 5.32 Å². The van der Waals surface area contributed by atoms with Gasteiger partial charge in [0.05, 0.1) is 25.2 Å². The van der Waals surface area contributed by atoms with E-state index < -0.39 is 18.2 Å². The van der Waals surface area contributed by atoms with Gasteiger partial charge >= 0.3 is 5.97 Å². The number of rotatable bonds is 48. The van der Waals surface area contributed by atoms with Gasteiger partial charge in [-0.05, 0) is 70.6 Å². The lowest BCUT2D eigenvalue weighted by Crippen LogP contribution is -2.46. The number of ether oxygens (including phenoxy) is 1. The molecular formula is C59H103NO5. The SMILES string of the molecule is CCC/C=C/C=C/C=C/C=C/C=C/CCCCCCCC(=O)OC(CCCCC/C=C/C=C/CCCCCCCCC)CC(=O)NC(CO)C(O)CCCCCCCCCCCCCC. The van der Waals surface area contributed by atoms with Crippen LogP contribution in [0, 0.1) is 0 Å². The van der Waals surface area contributed by atoms with Crippen molar-refractivity contribution in [3.05, 3.63) is 85.1 Å². The van der Waals surface area contributed by atoms with Crippen molar-refractivity contribution in [1.29, 1.82) is 0 Å². The van der Waals surface area contributed by atoms with Crippen LogP contribution in [0.4, 0.5) is 0 Å². The van der Waals surface area contributed by atoms with Crippen LogP contribution in [0.2, 0.25) is 0 Å². The standard InChI is InChI=1S/C59H103NO5/c1-4-7-10-13-16-19-22-25-27-29-30-32-34-37-40-43-46-49-52-59(64)65-55(50-47-44-41-38-35-33-31-28-26-23-20-17-14-11-8-5-2)53-58(63)60-56(54-61)57(62)51-48-45-42-39-36-24-21-18-15-12-9-6-3/h10,13,16,19,22,25,27-33,35,55-57,61-62H,4-9,11-12,14-15,17-18,20-21,23-24,26,34,36-54H2,1-3H3,(H,60,63)/b13-10+,19-16+,25-22+,29-27+,31-28+,32-30+,35-33+. The number of amides is 1. The molecule has 0 aromatic carbocycles. The largest absolute Gasteiger partial charge is 0.462 e. The van der Waals surface area contributed by atoms with Gasteiger partial charge in [0.25, 0.3) is 0 Å². The molecule has 6 nitrogen and oxygen atoms in total. The van der Waals surface area contributed by atoms with Gasteiger partial charge in [-0.15, -0.1) is 0 Å². The third-order valence-electron chi connectivity index (χ3n) is 12.1. The van der Waals surface area contributed by atoms with Crippen LogP contribution in [0.3, 0.4) is 0 Å². The molecule has 0 rings (SSSR count). The monoisotopic (exact) mass is 906 g/mol. The molecule has 0 spiro atoms. The van der Waals surface area contributed by atoms with Gasteiger partial charge in [-0.1, -0.05) is 254 Å². The number of hydrogen-bond donors (Lipinski definition) is 3. The smallest absolute Gasteiger partial charge is 0.306 e. The molecule has 3 atom stereocenters. The van der Waals surface area contributed by atoms with Crippen LogP contribution >= 0.6 is 0 Å². The van der Waals surface area contributed by atoms with Gasteiger partial charge < -0.3 is 20.3 Å². The molecule has 0 aromatic heterocycles. The summed E-state index contributed by atoms with van der Waals surface area (Å²) < 4.78 is 5.93. The molecule has 0 bridgehead atoms. The predicted molar refractivity (Wildman–Crippen MR) is 282 cm³/mol. The Balaban J connectivity index is 4.70. The van der Waals surface area contributed by atoms with E-state index in [1.54, 1.807) is 0 Å². The van der Waals surface area contributed by atoms with Crippen molar-refractivity contribution >= 4 is 11.9 Å². The summed E-state index contributed by atoms with van der Waals surface area (Å²) in [5.74, 6) is -0.530. The Hall–Kier alpha value is -2.96. The molecule has 0 aromatic rings. The van der Waals surface area contributed by atoms with Crippen molar-refractivity contribution in [2.45, 2.75) is 270 Å². The van der Waals surface area contributed by atoms with Crippen molar-refractivity contribution in [2.75, 3.05) is 6.61 Å². The van der Waals surface area contributed by atoms with Gasteiger partial charge in [-0.25, -0.2) is 0 Å². The zero-order chi connectivity index (χ0) is 47.4. The maximum Gasteiger partial charge on any atom is 0.306 e. The normalized spacial score (nSPS) is 13.9. The van der Waals surface area contributed by atoms with Crippen LogP contribution in [0.25, 0.3) is 0 Å². The minimum Gasteiger partial charge on any atom is -0.462 e. The van der Waals surface area contributed by atoms with Gasteiger partial charge in [0.2, 0.25) is 5.91 Å². The molecule has 0 aliphatic rings. The highest BCUT2D eigenvalue weighted by atomic mass is 16.5. The summed E-state index contributed by atoms with van der Waals surface area (Å²) in [6.07, 6.45) is 67.8. The van der Waals surface area contributed by atoms with Crippen LogP contribution in [0.1, 0.15) is 252 Å². The third kappa shape index (κ3) is 47.3. The number of allylic oxidation sites excluding steroid dienone is 14. The fourth-order valence-electron chi connectivity index (χ4n) is 7.92. The first-order valence-corrected chi connectivity index (χ1v) is 27.4. The number of carbonyl (C=O) groups is 2. The van der Waals surface area contributed by atoms with Gasteiger partial charge in [-0.2, -0.15) is 0 Å². The van der Waals surface area contributed by atoms with Crippen molar-refractivity contribution in [2.24, 2.45) is 0 Å². The lowest BCUT2D eigenvalue weighted by molar-refractivity contribution is -0.151. The van der Waals surface area contributed by atoms with E-state index in [4.69, 9.17) is 4.74 Å². The summed E-state index contributed by atoms with van der Waals surface area (Å²) in [6, 6.07) is -0.720. The molecule has 1 amide bonds. The van der Waals surface area contributed by atoms with Crippen LogP contribution in [0.15, 0.2) is 85.1 Å². The lowest BCUT2D eigenvalue weighted by Gasteiger charge is -2.24. The molecule has 0 aliphatic heterocycles. The Morgan fingerprint density at radius 3 is 1.28 bits per heavy atom. The number of hydrogen-bond acceptors (Lipinski definition) is 5. The van der Waals surface area contributed by atoms with E-state index in [-0.39, 0.29) is 24.9 Å².